The van der Waals surface area contributed by atoms with Gasteiger partial charge in [-0.1, -0.05) is 23.2 Å². The molecule has 0 atom stereocenters. The average molecular weight is 390 g/mol. The summed E-state index contributed by atoms with van der Waals surface area (Å²) in [6.45, 7) is 1.46. The van der Waals surface area contributed by atoms with E-state index in [2.05, 4.69) is 10.3 Å². The molecule has 1 aliphatic rings. The van der Waals surface area contributed by atoms with Crippen LogP contribution in [0.25, 0.3) is 10.9 Å². The number of H-pyrrole nitrogens is 1. The van der Waals surface area contributed by atoms with Gasteiger partial charge in [0.15, 0.2) is 0 Å². The first kappa shape index (κ1) is 17.1. The van der Waals surface area contributed by atoms with Gasteiger partial charge in [-0.2, -0.15) is 0 Å². The molecule has 0 radical (unpaired) electrons. The van der Waals surface area contributed by atoms with Gasteiger partial charge in [-0.15, -0.1) is 0 Å². The number of amides is 2. The van der Waals surface area contributed by atoms with Gasteiger partial charge in [0.25, 0.3) is 0 Å². The molecule has 5 nitrogen and oxygen atoms in total. The van der Waals surface area contributed by atoms with Crippen LogP contribution in [0.4, 0.5) is 4.79 Å². The number of nitrogens with one attached hydrogen (secondary N) is 2. The van der Waals surface area contributed by atoms with Crippen LogP contribution >= 0.6 is 23.2 Å². The molecule has 134 valence electrons. The second kappa shape index (κ2) is 6.74. The number of carbonyl (C=O) groups is 1. The summed E-state index contributed by atoms with van der Waals surface area (Å²) in [5, 5.41) is 14.7. The van der Waals surface area contributed by atoms with Crippen molar-refractivity contribution in [3.05, 3.63) is 63.3 Å². The Balaban J connectivity index is 1.46. The second-order valence-corrected chi connectivity index (χ2v) is 7.29. The minimum Gasteiger partial charge on any atom is -0.508 e. The summed E-state index contributed by atoms with van der Waals surface area (Å²) in [6, 6.07) is 10.4. The van der Waals surface area contributed by atoms with E-state index in [9.17, 15) is 9.90 Å². The van der Waals surface area contributed by atoms with Gasteiger partial charge >= 0.3 is 6.03 Å². The number of carbonyl (C=O) groups excluding carboxylic acids is 1. The Labute approximate surface area is 160 Å². The van der Waals surface area contributed by atoms with Crippen LogP contribution in [0.3, 0.4) is 0 Å². The lowest BCUT2D eigenvalue weighted by molar-refractivity contribution is 0.191. The van der Waals surface area contributed by atoms with E-state index in [0.717, 1.165) is 28.6 Å². The molecular weight excluding hydrogens is 373 g/mol. The second-order valence-electron chi connectivity index (χ2n) is 6.42. The van der Waals surface area contributed by atoms with Crippen LogP contribution in [0.5, 0.6) is 5.75 Å². The number of fused-ring (bicyclic) bond motifs is 3. The average Bonchev–Trinajstić information content (AvgIpc) is 2.96. The molecule has 2 amide bonds. The zero-order valence-corrected chi connectivity index (χ0v) is 15.4. The molecule has 1 aromatic heterocycles. The summed E-state index contributed by atoms with van der Waals surface area (Å²) < 4.78 is 0. The topological polar surface area (TPSA) is 68.4 Å². The molecule has 0 saturated carbocycles. The fraction of sp³-hybridized carbons (Fsp3) is 0.211. The predicted octanol–water partition coefficient (Wildman–Crippen LogP) is 4.45. The number of aromatic amines is 1. The fourth-order valence-electron chi connectivity index (χ4n) is 3.41. The third kappa shape index (κ3) is 3.32. The first-order valence-corrected chi connectivity index (χ1v) is 9.05. The van der Waals surface area contributed by atoms with Crippen LogP contribution in [-0.2, 0) is 19.5 Å². The van der Waals surface area contributed by atoms with Gasteiger partial charge in [0, 0.05) is 39.7 Å². The number of aromatic nitrogens is 1. The summed E-state index contributed by atoms with van der Waals surface area (Å²) in [7, 11) is 0. The van der Waals surface area contributed by atoms with Crippen LogP contribution in [0.2, 0.25) is 10.0 Å². The molecule has 0 saturated heterocycles. The number of phenolic OH excluding ortho intramolecular Hbond substituents is 1. The third-order valence-corrected chi connectivity index (χ3v) is 5.06. The smallest absolute Gasteiger partial charge is 0.318 e. The van der Waals surface area contributed by atoms with E-state index >= 15 is 0 Å². The quantitative estimate of drug-likeness (QED) is 0.605. The molecule has 0 aliphatic carbocycles. The van der Waals surface area contributed by atoms with Crippen molar-refractivity contribution in [1.82, 2.24) is 15.2 Å². The maximum absolute atomic E-state index is 12.5. The largest absolute Gasteiger partial charge is 0.508 e. The Morgan fingerprint density at radius 3 is 2.85 bits per heavy atom. The standard InChI is InChI=1S/C19H17Cl2N3O2/c20-12-1-2-17-16(8-12)15-3-4-24(10-18(15)23-17)19(26)22-9-11-5-13(21)7-14(25)6-11/h1-2,5-8,23,25H,3-4,9-10H2,(H,22,26). The highest BCUT2D eigenvalue weighted by atomic mass is 35.5. The number of urea groups is 1. The molecule has 0 unspecified atom stereocenters. The summed E-state index contributed by atoms with van der Waals surface area (Å²) in [6.07, 6.45) is 0.779. The van der Waals surface area contributed by atoms with Crippen molar-refractivity contribution in [2.75, 3.05) is 6.54 Å². The third-order valence-electron chi connectivity index (χ3n) is 4.61. The van der Waals surface area contributed by atoms with E-state index in [1.165, 1.54) is 11.6 Å². The predicted molar refractivity (Wildman–Crippen MR) is 103 cm³/mol. The van der Waals surface area contributed by atoms with Crippen LogP contribution in [0.15, 0.2) is 36.4 Å². The van der Waals surface area contributed by atoms with Gasteiger partial charge in [0.05, 0.1) is 6.54 Å². The van der Waals surface area contributed by atoms with Crippen LogP contribution in [0.1, 0.15) is 16.8 Å². The van der Waals surface area contributed by atoms with E-state index in [1.807, 2.05) is 18.2 Å². The first-order valence-electron chi connectivity index (χ1n) is 8.30. The van der Waals surface area contributed by atoms with Crippen LogP contribution in [0, 0.1) is 0 Å². The number of benzene rings is 2. The van der Waals surface area contributed by atoms with Gasteiger partial charge in [-0.05, 0) is 53.9 Å². The normalized spacial score (nSPS) is 13.7. The highest BCUT2D eigenvalue weighted by Crippen LogP contribution is 2.29. The molecule has 0 bridgehead atoms. The van der Waals surface area contributed by atoms with Crippen molar-refractivity contribution in [1.29, 1.82) is 0 Å². The van der Waals surface area contributed by atoms with Crippen LogP contribution in [-0.4, -0.2) is 27.6 Å². The Hall–Kier alpha value is -2.37. The molecule has 1 aliphatic heterocycles. The first-order chi connectivity index (χ1) is 12.5. The molecule has 4 rings (SSSR count). The summed E-state index contributed by atoms with van der Waals surface area (Å²) in [5.74, 6) is 0.0844. The lowest BCUT2D eigenvalue weighted by atomic mass is 10.0. The van der Waals surface area contributed by atoms with Gasteiger partial charge in [-0.3, -0.25) is 0 Å². The number of aromatic hydroxyl groups is 1. The maximum Gasteiger partial charge on any atom is 0.318 e. The maximum atomic E-state index is 12.5. The zero-order chi connectivity index (χ0) is 18.3. The summed E-state index contributed by atoms with van der Waals surface area (Å²) in [4.78, 5) is 17.7. The molecule has 0 fully saturated rings. The minimum atomic E-state index is -0.146. The SMILES string of the molecule is O=C(NCc1cc(O)cc(Cl)c1)N1CCc2c([nH]c3ccc(Cl)cc23)C1. The van der Waals surface area contributed by atoms with Crippen molar-refractivity contribution in [3.8, 4) is 5.75 Å². The van der Waals surface area contributed by atoms with Crippen molar-refractivity contribution >= 4 is 40.1 Å². The highest BCUT2D eigenvalue weighted by molar-refractivity contribution is 6.31. The molecular formula is C19H17Cl2N3O2. The van der Waals surface area contributed by atoms with Gasteiger partial charge in [-0.25, -0.2) is 4.79 Å². The zero-order valence-electron chi connectivity index (χ0n) is 13.9. The number of hydrogen-bond acceptors (Lipinski definition) is 2. The molecule has 2 aromatic carbocycles. The fourth-order valence-corrected chi connectivity index (χ4v) is 3.84. The van der Waals surface area contributed by atoms with Crippen molar-refractivity contribution in [2.24, 2.45) is 0 Å². The molecule has 3 N–H and O–H groups in total. The summed E-state index contributed by atoms with van der Waals surface area (Å²) >= 11 is 12.0. The van der Waals surface area contributed by atoms with E-state index in [4.69, 9.17) is 23.2 Å². The van der Waals surface area contributed by atoms with Crippen molar-refractivity contribution < 1.29 is 9.90 Å². The molecule has 3 aromatic rings. The molecule has 7 heteroatoms. The Morgan fingerprint density at radius 1 is 1.19 bits per heavy atom. The number of phenols is 1. The van der Waals surface area contributed by atoms with E-state index < -0.39 is 0 Å². The molecule has 26 heavy (non-hydrogen) atoms. The van der Waals surface area contributed by atoms with Crippen LogP contribution < -0.4 is 5.32 Å². The number of hydrogen-bond donors (Lipinski definition) is 3. The molecule has 2 heterocycles. The number of halogens is 2. The Bertz CT molecular complexity index is 980. The monoisotopic (exact) mass is 389 g/mol. The lowest BCUT2D eigenvalue weighted by Crippen LogP contribution is -2.42. The van der Waals surface area contributed by atoms with E-state index in [1.54, 1.807) is 17.0 Å². The van der Waals surface area contributed by atoms with Gasteiger partial charge in [0.1, 0.15) is 5.75 Å². The van der Waals surface area contributed by atoms with Gasteiger partial charge in [0.2, 0.25) is 0 Å². The van der Waals surface area contributed by atoms with E-state index in [0.29, 0.717) is 29.7 Å². The summed E-state index contributed by atoms with van der Waals surface area (Å²) in [5.41, 5.74) is 4.06. The number of nitrogens with zero attached hydrogens (tertiary/aromatic N) is 1. The Kier molecular flexibility index (Phi) is 4.42. The van der Waals surface area contributed by atoms with Gasteiger partial charge < -0.3 is 20.3 Å². The molecule has 0 spiro atoms. The Morgan fingerprint density at radius 2 is 2.04 bits per heavy atom. The van der Waals surface area contributed by atoms with E-state index in [-0.39, 0.29) is 11.8 Å². The van der Waals surface area contributed by atoms with Crippen molar-refractivity contribution in [3.63, 3.8) is 0 Å². The minimum absolute atomic E-state index is 0.0844. The lowest BCUT2D eigenvalue weighted by Gasteiger charge is -2.27. The number of rotatable bonds is 2. The highest BCUT2D eigenvalue weighted by Gasteiger charge is 2.23. The van der Waals surface area contributed by atoms with Crippen molar-refractivity contribution in [2.45, 2.75) is 19.5 Å².